The molecule has 1 spiro atoms. The predicted molar refractivity (Wildman–Crippen MR) is 86.4 cm³/mol. The van der Waals surface area contributed by atoms with Gasteiger partial charge in [0.1, 0.15) is 11.4 Å². The van der Waals surface area contributed by atoms with E-state index in [0.29, 0.717) is 5.76 Å². The van der Waals surface area contributed by atoms with Gasteiger partial charge in [0.2, 0.25) is 0 Å². The van der Waals surface area contributed by atoms with Crippen LogP contribution >= 0.6 is 0 Å². The predicted octanol–water partition coefficient (Wildman–Crippen LogP) is 4.24. The molecule has 0 bridgehead atoms. The van der Waals surface area contributed by atoms with E-state index in [1.165, 1.54) is 25.5 Å². The van der Waals surface area contributed by atoms with Crippen LogP contribution in [0, 0.1) is 0 Å². The third kappa shape index (κ3) is 2.74. The Kier molecular flexibility index (Phi) is 3.60. The van der Waals surface area contributed by atoms with Gasteiger partial charge in [-0.3, -0.25) is 4.79 Å². The standard InChI is InChI=1S/C19H21NO3/c21-18(17-9-6-12-22-17)20-15-13-19(10-4-1-5-11-19)23-16-8-3-2-7-14(15)16/h2-3,6-9,12,15H,1,4-5,10-11,13H2,(H,20,21)/t15-/m0/s1. The van der Waals surface area contributed by atoms with Crippen LogP contribution in [0.4, 0.5) is 0 Å². The molecule has 23 heavy (non-hydrogen) atoms. The van der Waals surface area contributed by atoms with Gasteiger partial charge >= 0.3 is 0 Å². The number of ether oxygens (including phenoxy) is 1. The van der Waals surface area contributed by atoms with E-state index in [1.54, 1.807) is 12.1 Å². The minimum atomic E-state index is -0.164. The van der Waals surface area contributed by atoms with Gasteiger partial charge < -0.3 is 14.5 Å². The summed E-state index contributed by atoms with van der Waals surface area (Å²) in [5.41, 5.74) is 0.928. The lowest BCUT2D eigenvalue weighted by molar-refractivity contribution is -0.00223. The van der Waals surface area contributed by atoms with E-state index < -0.39 is 0 Å². The highest BCUT2D eigenvalue weighted by molar-refractivity contribution is 5.91. The number of amides is 1. The van der Waals surface area contributed by atoms with Crippen LogP contribution < -0.4 is 10.1 Å². The topological polar surface area (TPSA) is 51.5 Å². The lowest BCUT2D eigenvalue weighted by Gasteiger charge is -2.44. The van der Waals surface area contributed by atoms with Gasteiger partial charge in [-0.25, -0.2) is 0 Å². The van der Waals surface area contributed by atoms with E-state index in [2.05, 4.69) is 5.32 Å². The number of fused-ring (bicyclic) bond motifs is 1. The van der Waals surface area contributed by atoms with Crippen molar-refractivity contribution in [2.75, 3.05) is 0 Å². The van der Waals surface area contributed by atoms with E-state index in [-0.39, 0.29) is 17.6 Å². The summed E-state index contributed by atoms with van der Waals surface area (Å²) in [6.07, 6.45) is 8.15. The molecular formula is C19H21NO3. The lowest BCUT2D eigenvalue weighted by Crippen LogP contribution is -2.46. The van der Waals surface area contributed by atoms with Crippen molar-refractivity contribution in [2.24, 2.45) is 0 Å². The van der Waals surface area contributed by atoms with Crippen LogP contribution in [0.3, 0.4) is 0 Å². The molecule has 1 saturated carbocycles. The highest BCUT2D eigenvalue weighted by atomic mass is 16.5. The number of hydrogen-bond acceptors (Lipinski definition) is 3. The molecule has 4 nitrogen and oxygen atoms in total. The van der Waals surface area contributed by atoms with Crippen molar-refractivity contribution < 1.29 is 13.9 Å². The zero-order valence-electron chi connectivity index (χ0n) is 13.1. The number of furan rings is 1. The Morgan fingerprint density at radius 1 is 1.09 bits per heavy atom. The van der Waals surface area contributed by atoms with E-state index in [4.69, 9.17) is 9.15 Å². The maximum Gasteiger partial charge on any atom is 0.287 e. The monoisotopic (exact) mass is 311 g/mol. The fourth-order valence-corrected chi connectivity index (χ4v) is 3.89. The molecule has 1 amide bonds. The number of rotatable bonds is 2. The summed E-state index contributed by atoms with van der Waals surface area (Å²) in [7, 11) is 0. The smallest absolute Gasteiger partial charge is 0.287 e. The molecule has 1 N–H and O–H groups in total. The van der Waals surface area contributed by atoms with Gasteiger partial charge in [-0.05, 0) is 43.9 Å². The van der Waals surface area contributed by atoms with Crippen molar-refractivity contribution >= 4 is 5.91 Å². The third-order valence-corrected chi connectivity index (χ3v) is 5.01. The Labute approximate surface area is 135 Å². The van der Waals surface area contributed by atoms with Crippen LogP contribution in [0.2, 0.25) is 0 Å². The molecule has 0 radical (unpaired) electrons. The number of benzene rings is 1. The summed E-state index contributed by atoms with van der Waals surface area (Å²) >= 11 is 0. The average Bonchev–Trinajstić information content (AvgIpc) is 3.10. The first kappa shape index (κ1) is 14.4. The van der Waals surface area contributed by atoms with Gasteiger partial charge in [-0.2, -0.15) is 0 Å². The number of hydrogen-bond donors (Lipinski definition) is 1. The molecule has 1 aromatic heterocycles. The highest BCUT2D eigenvalue weighted by Crippen LogP contribution is 2.46. The van der Waals surface area contributed by atoms with Crippen LogP contribution in [0.5, 0.6) is 5.75 Å². The maximum atomic E-state index is 12.4. The summed E-state index contributed by atoms with van der Waals surface area (Å²) in [5.74, 6) is 1.10. The summed E-state index contributed by atoms with van der Waals surface area (Å²) in [6, 6.07) is 11.4. The van der Waals surface area contributed by atoms with Crippen molar-refractivity contribution in [2.45, 2.75) is 50.2 Å². The van der Waals surface area contributed by atoms with Gasteiger partial charge in [0.15, 0.2) is 5.76 Å². The van der Waals surface area contributed by atoms with Crippen LogP contribution in [-0.2, 0) is 0 Å². The SMILES string of the molecule is O=C(N[C@H]1CC2(CCCCC2)Oc2ccccc21)c1ccco1. The molecule has 0 saturated heterocycles. The summed E-state index contributed by atoms with van der Waals surface area (Å²) in [6.45, 7) is 0. The minimum Gasteiger partial charge on any atom is -0.487 e. The van der Waals surface area contributed by atoms with Gasteiger partial charge in [0, 0.05) is 12.0 Å². The van der Waals surface area contributed by atoms with Gasteiger partial charge in [-0.15, -0.1) is 0 Å². The second-order valence-corrected chi connectivity index (χ2v) is 6.59. The summed E-state index contributed by atoms with van der Waals surface area (Å²) in [4.78, 5) is 12.4. The fourth-order valence-electron chi connectivity index (χ4n) is 3.89. The zero-order chi connectivity index (χ0) is 15.7. The Morgan fingerprint density at radius 3 is 2.70 bits per heavy atom. The van der Waals surface area contributed by atoms with Crippen molar-refractivity contribution in [1.29, 1.82) is 0 Å². The molecule has 1 fully saturated rings. The molecule has 4 rings (SSSR count). The average molecular weight is 311 g/mol. The lowest BCUT2D eigenvalue weighted by atomic mass is 9.77. The zero-order valence-corrected chi connectivity index (χ0v) is 13.1. The summed E-state index contributed by atoms with van der Waals surface area (Å²) in [5, 5.41) is 3.14. The largest absolute Gasteiger partial charge is 0.487 e. The third-order valence-electron chi connectivity index (χ3n) is 5.01. The fraction of sp³-hybridized carbons (Fsp3) is 0.421. The number of para-hydroxylation sites is 1. The van der Waals surface area contributed by atoms with Gasteiger partial charge in [0.05, 0.1) is 12.3 Å². The molecule has 2 aliphatic rings. The van der Waals surface area contributed by atoms with Crippen LogP contribution in [-0.4, -0.2) is 11.5 Å². The normalized spacial score (nSPS) is 22.2. The van der Waals surface area contributed by atoms with E-state index in [1.807, 2.05) is 24.3 Å². The Bertz CT molecular complexity index is 686. The Morgan fingerprint density at radius 2 is 1.91 bits per heavy atom. The number of carbonyl (C=O) groups is 1. The first-order valence-corrected chi connectivity index (χ1v) is 8.38. The van der Waals surface area contributed by atoms with Gasteiger partial charge in [0.25, 0.3) is 5.91 Å². The number of carbonyl (C=O) groups excluding carboxylic acids is 1. The Balaban J connectivity index is 1.63. The van der Waals surface area contributed by atoms with Crippen molar-refractivity contribution in [3.05, 3.63) is 54.0 Å². The second-order valence-electron chi connectivity index (χ2n) is 6.59. The van der Waals surface area contributed by atoms with Crippen LogP contribution in [0.1, 0.15) is 60.7 Å². The second kappa shape index (κ2) is 5.76. The van der Waals surface area contributed by atoms with Crippen molar-refractivity contribution in [3.63, 3.8) is 0 Å². The Hall–Kier alpha value is -2.23. The molecule has 4 heteroatoms. The minimum absolute atomic E-state index is 0.0318. The van der Waals surface area contributed by atoms with Gasteiger partial charge in [-0.1, -0.05) is 24.6 Å². The molecule has 1 aliphatic carbocycles. The summed E-state index contributed by atoms with van der Waals surface area (Å²) < 4.78 is 11.6. The van der Waals surface area contributed by atoms with Crippen LogP contribution in [0.15, 0.2) is 47.1 Å². The van der Waals surface area contributed by atoms with E-state index >= 15 is 0 Å². The first-order chi connectivity index (χ1) is 11.3. The molecule has 1 aliphatic heterocycles. The molecule has 2 aromatic rings. The van der Waals surface area contributed by atoms with Crippen LogP contribution in [0.25, 0.3) is 0 Å². The van der Waals surface area contributed by atoms with Crippen molar-refractivity contribution in [1.82, 2.24) is 5.32 Å². The molecule has 1 atom stereocenters. The molecule has 2 heterocycles. The molecular weight excluding hydrogens is 290 g/mol. The molecule has 0 unspecified atom stereocenters. The van der Waals surface area contributed by atoms with Crippen molar-refractivity contribution in [3.8, 4) is 5.75 Å². The van der Waals surface area contributed by atoms with E-state index in [0.717, 1.165) is 30.6 Å². The first-order valence-electron chi connectivity index (χ1n) is 8.38. The molecule has 120 valence electrons. The quantitative estimate of drug-likeness (QED) is 0.902. The molecule has 1 aromatic carbocycles. The highest BCUT2D eigenvalue weighted by Gasteiger charge is 2.42. The van der Waals surface area contributed by atoms with E-state index in [9.17, 15) is 4.79 Å². The number of nitrogens with one attached hydrogen (secondary N) is 1. The maximum absolute atomic E-state index is 12.4.